The third kappa shape index (κ3) is 4.32. The van der Waals surface area contributed by atoms with E-state index in [0.717, 1.165) is 17.5 Å². The SMILES string of the molecule is N=C(N)c1ccc(CNC(=O)[C@@H]2CC[C@H]3CC[C@@](O)(Cc4ccccc4)C(=O)N32)cc1. The van der Waals surface area contributed by atoms with Crippen LogP contribution in [0.5, 0.6) is 0 Å². The fraction of sp³-hybridized carbons (Fsp3) is 0.375. The summed E-state index contributed by atoms with van der Waals surface area (Å²) in [5.74, 6) is -0.536. The number of hydrogen-bond acceptors (Lipinski definition) is 4. The first-order valence-corrected chi connectivity index (χ1v) is 10.7. The van der Waals surface area contributed by atoms with Gasteiger partial charge in [-0.25, -0.2) is 0 Å². The van der Waals surface area contributed by atoms with E-state index in [2.05, 4.69) is 5.32 Å². The Morgan fingerprint density at radius 1 is 1.10 bits per heavy atom. The van der Waals surface area contributed by atoms with Crippen molar-refractivity contribution >= 4 is 17.6 Å². The molecule has 5 N–H and O–H groups in total. The molecule has 0 aromatic heterocycles. The van der Waals surface area contributed by atoms with E-state index in [0.29, 0.717) is 31.4 Å². The van der Waals surface area contributed by atoms with Gasteiger partial charge >= 0.3 is 0 Å². The molecule has 2 aromatic carbocycles. The summed E-state index contributed by atoms with van der Waals surface area (Å²) in [5.41, 5.74) is 6.43. The number of hydrogen-bond donors (Lipinski definition) is 4. The minimum Gasteiger partial charge on any atom is -0.384 e. The van der Waals surface area contributed by atoms with Crippen LogP contribution in [0.4, 0.5) is 0 Å². The number of carbonyl (C=O) groups excluding carboxylic acids is 2. The van der Waals surface area contributed by atoms with Gasteiger partial charge in [-0.2, -0.15) is 0 Å². The van der Waals surface area contributed by atoms with Gasteiger partial charge in [0.15, 0.2) is 0 Å². The Hall–Kier alpha value is -3.19. The van der Waals surface area contributed by atoms with Gasteiger partial charge in [0.1, 0.15) is 17.5 Å². The third-order valence-electron chi connectivity index (χ3n) is 6.40. The van der Waals surface area contributed by atoms with Crippen LogP contribution in [0.3, 0.4) is 0 Å². The summed E-state index contributed by atoms with van der Waals surface area (Å²) in [6.45, 7) is 0.328. The third-order valence-corrected chi connectivity index (χ3v) is 6.40. The molecule has 0 aliphatic carbocycles. The molecule has 162 valence electrons. The van der Waals surface area contributed by atoms with Crippen LogP contribution in [-0.2, 0) is 22.6 Å². The number of aliphatic hydroxyl groups is 1. The first-order chi connectivity index (χ1) is 14.9. The molecule has 7 nitrogen and oxygen atoms in total. The standard InChI is InChI=1S/C24H28N4O3/c25-21(26)18-8-6-17(7-9-18)15-27-22(29)20-11-10-19-12-13-24(31,23(30)28(19)20)14-16-4-2-1-3-5-16/h1-9,19-20,31H,10-15H2,(H3,25,26)(H,27,29)/t19-,20-,24+/m0/s1. The molecule has 2 aliphatic rings. The van der Waals surface area contributed by atoms with Gasteiger partial charge in [0.25, 0.3) is 5.91 Å². The van der Waals surface area contributed by atoms with Crippen molar-refractivity contribution in [3.05, 3.63) is 71.3 Å². The predicted octanol–water partition coefficient (Wildman–Crippen LogP) is 1.71. The number of nitrogens with one attached hydrogen (secondary N) is 2. The minimum atomic E-state index is -1.47. The number of nitrogens with two attached hydrogens (primary N) is 1. The first-order valence-electron chi connectivity index (χ1n) is 10.7. The summed E-state index contributed by atoms with van der Waals surface area (Å²) >= 11 is 0. The molecule has 3 atom stereocenters. The molecule has 7 heteroatoms. The number of piperidine rings is 1. The van der Waals surface area contributed by atoms with Crippen LogP contribution in [0.2, 0.25) is 0 Å². The molecule has 2 saturated heterocycles. The average molecular weight is 421 g/mol. The van der Waals surface area contributed by atoms with E-state index in [1.807, 2.05) is 42.5 Å². The monoisotopic (exact) mass is 420 g/mol. The molecule has 2 amide bonds. The molecule has 2 aliphatic heterocycles. The van der Waals surface area contributed by atoms with Gasteiger partial charge in [-0.3, -0.25) is 15.0 Å². The molecule has 2 heterocycles. The summed E-state index contributed by atoms with van der Waals surface area (Å²) in [4.78, 5) is 27.8. The van der Waals surface area contributed by atoms with E-state index in [1.54, 1.807) is 17.0 Å². The maximum atomic E-state index is 13.3. The molecule has 0 saturated carbocycles. The van der Waals surface area contributed by atoms with Crippen LogP contribution in [0, 0.1) is 5.41 Å². The maximum absolute atomic E-state index is 13.3. The summed E-state index contributed by atoms with van der Waals surface area (Å²) in [6.07, 6.45) is 2.75. The van der Waals surface area contributed by atoms with Crippen LogP contribution in [0.1, 0.15) is 42.4 Å². The summed E-state index contributed by atoms with van der Waals surface area (Å²) in [6, 6.07) is 16.1. The lowest BCUT2D eigenvalue weighted by Gasteiger charge is -2.42. The molecule has 0 unspecified atom stereocenters. The average Bonchev–Trinajstić information content (AvgIpc) is 3.20. The lowest BCUT2D eigenvalue weighted by atomic mass is 9.83. The molecule has 0 bridgehead atoms. The van der Waals surface area contributed by atoms with Gasteiger partial charge in [0, 0.05) is 24.6 Å². The largest absolute Gasteiger partial charge is 0.384 e. The van der Waals surface area contributed by atoms with Crippen molar-refractivity contribution in [2.45, 2.75) is 56.3 Å². The smallest absolute Gasteiger partial charge is 0.255 e. The van der Waals surface area contributed by atoms with Gasteiger partial charge in [-0.1, -0.05) is 54.6 Å². The minimum absolute atomic E-state index is 0.000756. The second-order valence-corrected chi connectivity index (χ2v) is 8.52. The molecular formula is C24H28N4O3. The van der Waals surface area contributed by atoms with E-state index in [-0.39, 0.29) is 30.1 Å². The summed E-state index contributed by atoms with van der Waals surface area (Å²) < 4.78 is 0. The Morgan fingerprint density at radius 2 is 1.81 bits per heavy atom. The Morgan fingerprint density at radius 3 is 2.48 bits per heavy atom. The molecule has 0 radical (unpaired) electrons. The second kappa shape index (κ2) is 8.51. The zero-order valence-corrected chi connectivity index (χ0v) is 17.4. The summed E-state index contributed by atoms with van der Waals surface area (Å²) in [5, 5.41) is 21.5. The molecule has 4 rings (SSSR count). The van der Waals surface area contributed by atoms with Crippen LogP contribution in [0.15, 0.2) is 54.6 Å². The molecular weight excluding hydrogens is 392 g/mol. The van der Waals surface area contributed by atoms with Gasteiger partial charge in [-0.15, -0.1) is 0 Å². The van der Waals surface area contributed by atoms with E-state index in [1.165, 1.54) is 0 Å². The van der Waals surface area contributed by atoms with Crippen LogP contribution < -0.4 is 11.1 Å². The van der Waals surface area contributed by atoms with Gasteiger partial charge in [-0.05, 0) is 36.8 Å². The van der Waals surface area contributed by atoms with Crippen molar-refractivity contribution in [2.75, 3.05) is 0 Å². The van der Waals surface area contributed by atoms with E-state index < -0.39 is 11.6 Å². The second-order valence-electron chi connectivity index (χ2n) is 8.52. The van der Waals surface area contributed by atoms with Crippen LogP contribution >= 0.6 is 0 Å². The highest BCUT2D eigenvalue weighted by Gasteiger charge is 2.52. The van der Waals surface area contributed by atoms with Crippen molar-refractivity contribution in [3.8, 4) is 0 Å². The highest BCUT2D eigenvalue weighted by atomic mass is 16.3. The zero-order chi connectivity index (χ0) is 22.0. The Kier molecular flexibility index (Phi) is 5.78. The van der Waals surface area contributed by atoms with E-state index in [4.69, 9.17) is 11.1 Å². The number of benzene rings is 2. The Balaban J connectivity index is 1.42. The molecule has 31 heavy (non-hydrogen) atoms. The fourth-order valence-electron chi connectivity index (χ4n) is 4.69. The van der Waals surface area contributed by atoms with Crippen molar-refractivity contribution < 1.29 is 14.7 Å². The number of carbonyl (C=O) groups is 2. The first kappa shape index (κ1) is 21.1. The topological polar surface area (TPSA) is 120 Å². The highest BCUT2D eigenvalue weighted by molar-refractivity contribution is 5.95. The maximum Gasteiger partial charge on any atom is 0.255 e. The van der Waals surface area contributed by atoms with Crippen molar-refractivity contribution in [3.63, 3.8) is 0 Å². The normalized spacial score (nSPS) is 25.2. The van der Waals surface area contributed by atoms with Gasteiger partial charge < -0.3 is 21.1 Å². The molecule has 2 aromatic rings. The number of amidine groups is 1. The number of nitrogen functional groups attached to an aromatic ring is 1. The number of rotatable bonds is 6. The quantitative estimate of drug-likeness (QED) is 0.420. The fourth-order valence-corrected chi connectivity index (χ4v) is 4.69. The van der Waals surface area contributed by atoms with Crippen molar-refractivity contribution in [1.82, 2.24) is 10.2 Å². The molecule has 2 fully saturated rings. The lowest BCUT2D eigenvalue weighted by Crippen LogP contribution is -2.60. The van der Waals surface area contributed by atoms with Crippen LogP contribution in [0.25, 0.3) is 0 Å². The van der Waals surface area contributed by atoms with Crippen molar-refractivity contribution in [2.24, 2.45) is 5.73 Å². The number of nitrogens with zero attached hydrogens (tertiary/aromatic N) is 1. The highest BCUT2D eigenvalue weighted by Crippen LogP contribution is 2.38. The Labute approximate surface area is 181 Å². The lowest BCUT2D eigenvalue weighted by molar-refractivity contribution is -0.163. The Bertz CT molecular complexity index is 976. The summed E-state index contributed by atoms with van der Waals surface area (Å²) in [7, 11) is 0. The van der Waals surface area contributed by atoms with E-state index in [9.17, 15) is 14.7 Å². The van der Waals surface area contributed by atoms with Gasteiger partial charge in [0.2, 0.25) is 5.91 Å². The zero-order valence-electron chi connectivity index (χ0n) is 17.4. The predicted molar refractivity (Wildman–Crippen MR) is 117 cm³/mol. The molecule has 0 spiro atoms. The van der Waals surface area contributed by atoms with Gasteiger partial charge in [0.05, 0.1) is 0 Å². The number of amides is 2. The number of fused-ring (bicyclic) bond motifs is 1. The van der Waals surface area contributed by atoms with E-state index >= 15 is 0 Å². The van der Waals surface area contributed by atoms with Crippen molar-refractivity contribution in [1.29, 1.82) is 5.41 Å². The van der Waals surface area contributed by atoms with Crippen LogP contribution in [-0.4, -0.2) is 45.3 Å².